The van der Waals surface area contributed by atoms with Gasteiger partial charge in [0.15, 0.2) is 0 Å². The second-order valence-electron chi connectivity index (χ2n) is 5.30. The Labute approximate surface area is 142 Å². The number of rotatable bonds is 6. The minimum Gasteiger partial charge on any atom is -0.485 e. The molecule has 0 aliphatic carbocycles. The average Bonchev–Trinajstić information content (AvgIpc) is 2.97. The smallest absolute Gasteiger partial charge is 0.146 e. The molecule has 8 heteroatoms. The molecule has 24 heavy (non-hydrogen) atoms. The number of hydrogen-bond donors (Lipinski definition) is 3. The molecule has 0 unspecified atom stereocenters. The van der Waals surface area contributed by atoms with Gasteiger partial charge in [0.25, 0.3) is 0 Å². The van der Waals surface area contributed by atoms with Crippen LogP contribution in [0.5, 0.6) is 5.75 Å². The van der Waals surface area contributed by atoms with Crippen molar-refractivity contribution in [3.05, 3.63) is 41.3 Å². The Balaban J connectivity index is 1.98. The van der Waals surface area contributed by atoms with E-state index >= 15 is 0 Å². The third-order valence-electron chi connectivity index (χ3n) is 3.57. The molecule has 3 aromatic rings. The molecule has 0 amide bonds. The molecule has 0 bridgehead atoms. The van der Waals surface area contributed by atoms with Gasteiger partial charge in [0.05, 0.1) is 11.1 Å². The van der Waals surface area contributed by atoms with Crippen molar-refractivity contribution in [2.24, 2.45) is 11.5 Å². The topological polar surface area (TPSA) is 99.1 Å². The van der Waals surface area contributed by atoms with E-state index in [9.17, 15) is 4.39 Å². The van der Waals surface area contributed by atoms with Crippen molar-refractivity contribution in [2.45, 2.75) is 13.0 Å². The van der Waals surface area contributed by atoms with E-state index in [4.69, 9.17) is 16.2 Å². The van der Waals surface area contributed by atoms with Crippen LogP contribution in [0.15, 0.2) is 29.9 Å². The van der Waals surface area contributed by atoms with Crippen LogP contribution in [-0.4, -0.2) is 29.2 Å². The summed E-state index contributed by atoms with van der Waals surface area (Å²) in [5.41, 5.74) is 12.9. The number of thiophene rings is 1. The molecule has 0 atom stereocenters. The quantitative estimate of drug-likeness (QED) is 0.634. The van der Waals surface area contributed by atoms with Gasteiger partial charge >= 0.3 is 0 Å². The van der Waals surface area contributed by atoms with Gasteiger partial charge in [0.2, 0.25) is 0 Å². The molecule has 0 spiro atoms. The van der Waals surface area contributed by atoms with Crippen LogP contribution in [0.4, 0.5) is 15.9 Å². The number of fused-ring (bicyclic) bond motifs is 1. The number of benzene rings is 1. The molecular formula is C16H18FN5OS. The summed E-state index contributed by atoms with van der Waals surface area (Å²) in [6.45, 7) is 2.48. The molecule has 0 aliphatic heterocycles. The first kappa shape index (κ1) is 16.6. The maximum Gasteiger partial charge on any atom is 0.146 e. The summed E-state index contributed by atoms with van der Waals surface area (Å²) in [4.78, 5) is 9.45. The monoisotopic (exact) mass is 347 g/mol. The average molecular weight is 347 g/mol. The fraction of sp³-hybridized carbons (Fsp3) is 0.250. The standard InChI is InChI=1S/C16H18FN5OS/c1-9-7-24-16-14(9)15(20-8-21-16)22-12-3-2-10(17)4-13(12)23-11(5-18)6-19/h2-4,7-8,11H,5-6,18-19H2,1H3,(H,20,21,22). The van der Waals surface area contributed by atoms with Crippen LogP contribution in [0, 0.1) is 12.7 Å². The zero-order chi connectivity index (χ0) is 17.1. The molecule has 1 aromatic carbocycles. The highest BCUT2D eigenvalue weighted by Gasteiger charge is 2.14. The largest absolute Gasteiger partial charge is 0.485 e. The maximum absolute atomic E-state index is 13.6. The molecule has 0 saturated heterocycles. The van der Waals surface area contributed by atoms with Crippen LogP contribution in [0.25, 0.3) is 10.2 Å². The SMILES string of the molecule is Cc1csc2ncnc(Nc3ccc(F)cc3OC(CN)CN)c12. The van der Waals surface area contributed by atoms with E-state index in [1.165, 1.54) is 18.5 Å². The van der Waals surface area contributed by atoms with E-state index in [2.05, 4.69) is 15.3 Å². The van der Waals surface area contributed by atoms with Gasteiger partial charge in [-0.1, -0.05) is 0 Å². The van der Waals surface area contributed by atoms with Crippen LogP contribution in [0.2, 0.25) is 0 Å². The number of aryl methyl sites for hydroxylation is 1. The Bertz CT molecular complexity index is 850. The molecular weight excluding hydrogens is 329 g/mol. The van der Waals surface area contributed by atoms with Crippen molar-refractivity contribution < 1.29 is 9.13 Å². The number of anilines is 2. The molecule has 126 valence electrons. The lowest BCUT2D eigenvalue weighted by Crippen LogP contribution is -2.34. The molecule has 2 heterocycles. The summed E-state index contributed by atoms with van der Waals surface area (Å²) >= 11 is 1.55. The molecule has 3 rings (SSSR count). The molecule has 6 nitrogen and oxygen atoms in total. The lowest BCUT2D eigenvalue weighted by molar-refractivity contribution is 0.218. The van der Waals surface area contributed by atoms with E-state index < -0.39 is 5.82 Å². The van der Waals surface area contributed by atoms with Gasteiger partial charge in [0.1, 0.15) is 34.6 Å². The van der Waals surface area contributed by atoms with Crippen LogP contribution >= 0.6 is 11.3 Å². The first-order valence-electron chi connectivity index (χ1n) is 7.44. The van der Waals surface area contributed by atoms with E-state index in [1.807, 2.05) is 12.3 Å². The molecule has 0 fully saturated rings. The van der Waals surface area contributed by atoms with Gasteiger partial charge in [-0.25, -0.2) is 14.4 Å². The van der Waals surface area contributed by atoms with Crippen LogP contribution in [0.3, 0.4) is 0 Å². The Kier molecular flexibility index (Phi) is 4.89. The number of halogens is 1. The molecule has 0 aliphatic rings. The number of aromatic nitrogens is 2. The van der Waals surface area contributed by atoms with E-state index in [0.717, 1.165) is 15.8 Å². The van der Waals surface area contributed by atoms with Crippen molar-refractivity contribution in [2.75, 3.05) is 18.4 Å². The zero-order valence-electron chi connectivity index (χ0n) is 13.1. The number of nitrogens with zero attached hydrogens (tertiary/aromatic N) is 2. The lowest BCUT2D eigenvalue weighted by atomic mass is 10.2. The van der Waals surface area contributed by atoms with Crippen molar-refractivity contribution in [1.29, 1.82) is 0 Å². The fourth-order valence-electron chi connectivity index (χ4n) is 2.31. The Morgan fingerprint density at radius 2 is 2.08 bits per heavy atom. The number of ether oxygens (including phenoxy) is 1. The first-order valence-corrected chi connectivity index (χ1v) is 8.32. The lowest BCUT2D eigenvalue weighted by Gasteiger charge is -2.19. The van der Waals surface area contributed by atoms with E-state index in [-0.39, 0.29) is 19.2 Å². The number of nitrogens with two attached hydrogens (primary N) is 2. The van der Waals surface area contributed by atoms with Gasteiger partial charge in [-0.2, -0.15) is 0 Å². The van der Waals surface area contributed by atoms with Gasteiger partial charge in [-0.3, -0.25) is 0 Å². The maximum atomic E-state index is 13.6. The molecule has 5 N–H and O–H groups in total. The minimum absolute atomic E-state index is 0.244. The van der Waals surface area contributed by atoms with Crippen molar-refractivity contribution in [3.8, 4) is 5.75 Å². The second kappa shape index (κ2) is 7.08. The summed E-state index contributed by atoms with van der Waals surface area (Å²) in [6.07, 6.45) is 1.10. The third-order valence-corrected chi connectivity index (χ3v) is 4.57. The highest BCUT2D eigenvalue weighted by Crippen LogP contribution is 2.34. The summed E-state index contributed by atoms with van der Waals surface area (Å²) in [6, 6.07) is 4.26. The molecule has 2 aromatic heterocycles. The summed E-state index contributed by atoms with van der Waals surface area (Å²) in [7, 11) is 0. The molecule has 0 radical (unpaired) electrons. The predicted molar refractivity (Wildman–Crippen MR) is 94.4 cm³/mol. The summed E-state index contributed by atoms with van der Waals surface area (Å²) in [5, 5.41) is 6.16. The zero-order valence-corrected chi connectivity index (χ0v) is 13.9. The normalized spacial score (nSPS) is 11.2. The Hall–Kier alpha value is -2.29. The van der Waals surface area contributed by atoms with Gasteiger partial charge < -0.3 is 21.5 Å². The second-order valence-corrected chi connectivity index (χ2v) is 6.16. The fourth-order valence-corrected chi connectivity index (χ4v) is 3.20. The van der Waals surface area contributed by atoms with Crippen molar-refractivity contribution >= 4 is 33.1 Å². The van der Waals surface area contributed by atoms with Crippen molar-refractivity contribution in [1.82, 2.24) is 9.97 Å². The predicted octanol–water partition coefficient (Wildman–Crippen LogP) is 2.55. The third kappa shape index (κ3) is 3.30. The Morgan fingerprint density at radius 1 is 1.29 bits per heavy atom. The van der Waals surface area contributed by atoms with Gasteiger partial charge in [0, 0.05) is 19.2 Å². The van der Waals surface area contributed by atoms with Crippen LogP contribution in [0.1, 0.15) is 5.56 Å². The number of nitrogens with one attached hydrogen (secondary N) is 1. The highest BCUT2D eigenvalue weighted by molar-refractivity contribution is 7.17. The van der Waals surface area contributed by atoms with Crippen molar-refractivity contribution in [3.63, 3.8) is 0 Å². The summed E-state index contributed by atoms with van der Waals surface area (Å²) in [5.74, 6) is 0.589. The van der Waals surface area contributed by atoms with E-state index in [0.29, 0.717) is 17.3 Å². The first-order chi connectivity index (χ1) is 11.6. The van der Waals surface area contributed by atoms with Gasteiger partial charge in [-0.05, 0) is 30.0 Å². The number of hydrogen-bond acceptors (Lipinski definition) is 7. The van der Waals surface area contributed by atoms with Crippen LogP contribution < -0.4 is 21.5 Å². The van der Waals surface area contributed by atoms with Gasteiger partial charge in [-0.15, -0.1) is 11.3 Å². The summed E-state index contributed by atoms with van der Waals surface area (Å²) < 4.78 is 19.3. The van der Waals surface area contributed by atoms with E-state index in [1.54, 1.807) is 17.4 Å². The van der Waals surface area contributed by atoms with Crippen LogP contribution in [-0.2, 0) is 0 Å². The minimum atomic E-state index is -0.400. The highest BCUT2D eigenvalue weighted by atomic mass is 32.1. The molecule has 0 saturated carbocycles. The Morgan fingerprint density at radius 3 is 2.83 bits per heavy atom.